The number of hydrogen-bond acceptors (Lipinski definition) is 5. The van der Waals surface area contributed by atoms with Crippen LogP contribution in [-0.4, -0.2) is 36.4 Å². The van der Waals surface area contributed by atoms with E-state index in [1.165, 1.54) is 16.9 Å². The molecular formula is C16H15NO4S. The summed E-state index contributed by atoms with van der Waals surface area (Å²) in [5.41, 5.74) is 3.17. The zero-order valence-corrected chi connectivity index (χ0v) is 12.9. The van der Waals surface area contributed by atoms with Crippen molar-refractivity contribution >= 4 is 22.9 Å². The van der Waals surface area contributed by atoms with E-state index in [1.807, 2.05) is 18.2 Å². The molecule has 5 nitrogen and oxygen atoms in total. The number of thiazole rings is 1. The predicted molar refractivity (Wildman–Crippen MR) is 84.5 cm³/mol. The first kappa shape index (κ1) is 14.7. The molecule has 6 heteroatoms. The van der Waals surface area contributed by atoms with Crippen LogP contribution in [0.2, 0.25) is 0 Å². The van der Waals surface area contributed by atoms with Crippen molar-refractivity contribution in [1.82, 2.24) is 4.98 Å². The number of carbonyl (C=O) groups is 1. The number of methoxy groups -OCH3 is 1. The molecule has 0 radical (unpaired) electrons. The summed E-state index contributed by atoms with van der Waals surface area (Å²) in [6.45, 7) is 1.33. The van der Waals surface area contributed by atoms with Crippen molar-refractivity contribution in [3.63, 3.8) is 0 Å². The number of carboxylic acid groups (broad SMARTS) is 1. The molecule has 0 fully saturated rings. The minimum Gasteiger partial charge on any atom is -0.496 e. The molecule has 1 aliphatic rings. The third-order valence-corrected chi connectivity index (χ3v) is 4.37. The summed E-state index contributed by atoms with van der Waals surface area (Å²) >= 11 is 1.31. The molecule has 2 heterocycles. The molecule has 0 aliphatic carbocycles. The van der Waals surface area contributed by atoms with Gasteiger partial charge in [-0.25, -0.2) is 9.78 Å². The second kappa shape index (κ2) is 6.29. The van der Waals surface area contributed by atoms with Gasteiger partial charge in [0.1, 0.15) is 10.8 Å². The Morgan fingerprint density at radius 3 is 2.95 bits per heavy atom. The second-order valence-electron chi connectivity index (χ2n) is 4.81. The Balaban J connectivity index is 1.97. The number of rotatable bonds is 4. The fourth-order valence-corrected chi connectivity index (χ4v) is 3.16. The number of aromatic carboxylic acids is 1. The molecule has 3 rings (SSSR count). The molecule has 0 bridgehead atoms. The minimum atomic E-state index is -1.02. The highest BCUT2D eigenvalue weighted by molar-refractivity contribution is 7.13. The van der Waals surface area contributed by atoms with Crippen molar-refractivity contribution in [2.75, 3.05) is 20.3 Å². The topological polar surface area (TPSA) is 68.7 Å². The van der Waals surface area contributed by atoms with E-state index in [4.69, 9.17) is 14.6 Å². The molecule has 1 N–H and O–H groups in total. The van der Waals surface area contributed by atoms with Crippen molar-refractivity contribution in [1.29, 1.82) is 0 Å². The molecule has 0 spiro atoms. The SMILES string of the molecule is COc1cc(-c2nc(C(=O)O)cs2)ccc1C1=CCOCC1. The average molecular weight is 317 g/mol. The minimum absolute atomic E-state index is 0.0650. The van der Waals surface area contributed by atoms with Crippen LogP contribution in [0.15, 0.2) is 29.7 Å². The number of ether oxygens (including phenoxy) is 2. The van der Waals surface area contributed by atoms with Crippen LogP contribution in [-0.2, 0) is 4.74 Å². The van der Waals surface area contributed by atoms with Crippen molar-refractivity contribution in [2.24, 2.45) is 0 Å². The molecule has 1 aliphatic heterocycles. The van der Waals surface area contributed by atoms with Crippen LogP contribution in [0.25, 0.3) is 16.1 Å². The number of hydrogen-bond donors (Lipinski definition) is 1. The Bertz CT molecular complexity index is 735. The van der Waals surface area contributed by atoms with Gasteiger partial charge in [-0.2, -0.15) is 0 Å². The quantitative estimate of drug-likeness (QED) is 0.937. The third-order valence-electron chi connectivity index (χ3n) is 3.48. The number of carboxylic acids is 1. The summed E-state index contributed by atoms with van der Waals surface area (Å²) in [7, 11) is 1.63. The van der Waals surface area contributed by atoms with E-state index in [0.29, 0.717) is 18.2 Å². The molecule has 114 valence electrons. The van der Waals surface area contributed by atoms with Gasteiger partial charge in [0.15, 0.2) is 5.69 Å². The lowest BCUT2D eigenvalue weighted by Crippen LogP contribution is -2.04. The fraction of sp³-hybridized carbons (Fsp3) is 0.250. The van der Waals surface area contributed by atoms with E-state index >= 15 is 0 Å². The van der Waals surface area contributed by atoms with Gasteiger partial charge in [-0.3, -0.25) is 0 Å². The molecule has 2 aromatic rings. The maximum atomic E-state index is 10.9. The highest BCUT2D eigenvalue weighted by atomic mass is 32.1. The monoisotopic (exact) mass is 317 g/mol. The molecule has 0 atom stereocenters. The van der Waals surface area contributed by atoms with E-state index in [0.717, 1.165) is 23.3 Å². The van der Waals surface area contributed by atoms with E-state index in [2.05, 4.69) is 11.1 Å². The normalized spacial score (nSPS) is 14.5. The van der Waals surface area contributed by atoms with Gasteiger partial charge in [-0.1, -0.05) is 18.2 Å². The van der Waals surface area contributed by atoms with Gasteiger partial charge in [-0.15, -0.1) is 11.3 Å². The highest BCUT2D eigenvalue weighted by Crippen LogP contribution is 2.34. The molecule has 0 unspecified atom stereocenters. The summed E-state index contributed by atoms with van der Waals surface area (Å²) in [6.07, 6.45) is 2.92. The van der Waals surface area contributed by atoms with E-state index in [1.54, 1.807) is 12.5 Å². The van der Waals surface area contributed by atoms with Gasteiger partial charge in [0, 0.05) is 16.5 Å². The Morgan fingerprint density at radius 2 is 2.32 bits per heavy atom. The van der Waals surface area contributed by atoms with Gasteiger partial charge in [0.2, 0.25) is 0 Å². The Morgan fingerprint density at radius 1 is 1.45 bits per heavy atom. The lowest BCUT2D eigenvalue weighted by Gasteiger charge is -2.17. The van der Waals surface area contributed by atoms with Crippen molar-refractivity contribution < 1.29 is 19.4 Å². The Kier molecular flexibility index (Phi) is 4.22. The first-order chi connectivity index (χ1) is 10.7. The Labute approximate surface area is 131 Å². The lowest BCUT2D eigenvalue weighted by molar-refractivity contribution is 0.0691. The lowest BCUT2D eigenvalue weighted by atomic mass is 9.99. The Hall–Kier alpha value is -2.18. The van der Waals surface area contributed by atoms with E-state index < -0.39 is 5.97 Å². The van der Waals surface area contributed by atoms with Crippen molar-refractivity contribution in [3.05, 3.63) is 40.9 Å². The van der Waals surface area contributed by atoms with Gasteiger partial charge in [0.25, 0.3) is 0 Å². The average Bonchev–Trinajstić information content (AvgIpc) is 3.05. The molecule has 0 amide bonds. The first-order valence-electron chi connectivity index (χ1n) is 6.83. The maximum absolute atomic E-state index is 10.9. The van der Waals surface area contributed by atoms with Crippen LogP contribution in [0.1, 0.15) is 22.5 Å². The summed E-state index contributed by atoms with van der Waals surface area (Å²) in [4.78, 5) is 15.1. The van der Waals surface area contributed by atoms with Gasteiger partial charge < -0.3 is 14.6 Å². The number of nitrogens with zero attached hydrogens (tertiary/aromatic N) is 1. The summed E-state index contributed by atoms with van der Waals surface area (Å²) < 4.78 is 10.8. The molecule has 1 aromatic carbocycles. The second-order valence-corrected chi connectivity index (χ2v) is 5.67. The van der Waals surface area contributed by atoms with Crippen molar-refractivity contribution in [3.8, 4) is 16.3 Å². The van der Waals surface area contributed by atoms with Gasteiger partial charge in [0.05, 0.1) is 20.3 Å². The molecule has 0 saturated heterocycles. The summed E-state index contributed by atoms with van der Waals surface area (Å²) in [6, 6.07) is 5.84. The van der Waals surface area contributed by atoms with Crippen LogP contribution in [0, 0.1) is 0 Å². The van der Waals surface area contributed by atoms with Crippen molar-refractivity contribution in [2.45, 2.75) is 6.42 Å². The van der Waals surface area contributed by atoms with Gasteiger partial charge >= 0.3 is 5.97 Å². The number of benzene rings is 1. The molecule has 22 heavy (non-hydrogen) atoms. The zero-order chi connectivity index (χ0) is 15.5. The third kappa shape index (κ3) is 2.88. The summed E-state index contributed by atoms with van der Waals surface area (Å²) in [5, 5.41) is 11.2. The zero-order valence-electron chi connectivity index (χ0n) is 12.0. The summed E-state index contributed by atoms with van der Waals surface area (Å²) in [5.74, 6) is -0.254. The van der Waals surface area contributed by atoms with Crippen LogP contribution in [0.5, 0.6) is 5.75 Å². The maximum Gasteiger partial charge on any atom is 0.355 e. The number of aromatic nitrogens is 1. The van der Waals surface area contributed by atoms with Crippen LogP contribution >= 0.6 is 11.3 Å². The molecule has 0 saturated carbocycles. The molecule has 1 aromatic heterocycles. The first-order valence-corrected chi connectivity index (χ1v) is 7.71. The van der Waals surface area contributed by atoms with E-state index in [9.17, 15) is 4.79 Å². The fourth-order valence-electron chi connectivity index (χ4n) is 2.37. The van der Waals surface area contributed by atoms with Crippen LogP contribution in [0.3, 0.4) is 0 Å². The molecular weight excluding hydrogens is 302 g/mol. The largest absolute Gasteiger partial charge is 0.496 e. The highest BCUT2D eigenvalue weighted by Gasteiger charge is 2.15. The van der Waals surface area contributed by atoms with Gasteiger partial charge in [-0.05, 0) is 18.1 Å². The predicted octanol–water partition coefficient (Wildman–Crippen LogP) is 3.32. The van der Waals surface area contributed by atoms with E-state index in [-0.39, 0.29) is 5.69 Å². The van der Waals surface area contributed by atoms with Crippen LogP contribution < -0.4 is 4.74 Å². The standard InChI is InChI=1S/C16H15NO4S/c1-20-14-8-11(15-17-13(9-22-15)16(18)19)2-3-12(14)10-4-6-21-7-5-10/h2-4,8-9H,5-7H2,1H3,(H,18,19). The van der Waals surface area contributed by atoms with Crippen LogP contribution in [0.4, 0.5) is 0 Å². The smallest absolute Gasteiger partial charge is 0.355 e.